The number of nitrogens with zero attached hydrogens (tertiary/aromatic N) is 2. The monoisotopic (exact) mass is 251 g/mol. The Morgan fingerprint density at radius 2 is 2.24 bits per heavy atom. The largest absolute Gasteiger partial charge is 0.495 e. The van der Waals surface area contributed by atoms with Crippen LogP contribution in [0.2, 0.25) is 5.02 Å². The molecule has 90 valence electrons. The number of nitrogens with two attached hydrogens (primary N) is 1. The lowest BCUT2D eigenvalue weighted by atomic mass is 10.0. The van der Waals surface area contributed by atoms with E-state index < -0.39 is 0 Å². The van der Waals surface area contributed by atoms with Crippen LogP contribution in [0.25, 0.3) is 0 Å². The predicted molar refractivity (Wildman–Crippen MR) is 67.2 cm³/mol. The number of methoxy groups -OCH3 is 1. The maximum absolute atomic E-state index is 6.18. The Bertz CT molecular complexity index is 524. The molecule has 0 aliphatic rings. The molecular weight excluding hydrogens is 238 g/mol. The highest BCUT2D eigenvalue weighted by atomic mass is 35.5. The molecule has 1 unspecified atom stereocenters. The molecule has 0 aliphatic carbocycles. The van der Waals surface area contributed by atoms with E-state index in [1.54, 1.807) is 25.7 Å². The van der Waals surface area contributed by atoms with Gasteiger partial charge in [0.1, 0.15) is 5.75 Å². The van der Waals surface area contributed by atoms with Crippen LogP contribution in [0.15, 0.2) is 30.7 Å². The van der Waals surface area contributed by atoms with Gasteiger partial charge in [-0.25, -0.2) is 4.98 Å². The van der Waals surface area contributed by atoms with E-state index >= 15 is 0 Å². The fourth-order valence-corrected chi connectivity index (χ4v) is 1.90. The summed E-state index contributed by atoms with van der Waals surface area (Å²) in [5, 5.41) is 0.577. The summed E-state index contributed by atoms with van der Waals surface area (Å²) in [6.07, 6.45) is 3.48. The van der Waals surface area contributed by atoms with Crippen molar-refractivity contribution >= 4 is 11.6 Å². The van der Waals surface area contributed by atoms with E-state index in [1.807, 2.05) is 23.7 Å². The smallest absolute Gasteiger partial charge is 0.137 e. The second-order valence-corrected chi connectivity index (χ2v) is 4.21. The maximum Gasteiger partial charge on any atom is 0.137 e. The van der Waals surface area contributed by atoms with Crippen LogP contribution in [0.3, 0.4) is 0 Å². The van der Waals surface area contributed by atoms with Gasteiger partial charge in [-0.1, -0.05) is 17.7 Å². The van der Waals surface area contributed by atoms with Crippen molar-refractivity contribution in [2.75, 3.05) is 7.11 Å². The highest BCUT2D eigenvalue weighted by Gasteiger charge is 2.14. The molecule has 0 fully saturated rings. The molecule has 2 aromatic rings. The molecule has 1 atom stereocenters. The van der Waals surface area contributed by atoms with Crippen LogP contribution < -0.4 is 10.5 Å². The molecule has 5 heteroatoms. The van der Waals surface area contributed by atoms with Gasteiger partial charge >= 0.3 is 0 Å². The Kier molecular flexibility index (Phi) is 3.36. The number of aryl methyl sites for hydroxylation is 1. The number of hydrogen-bond donors (Lipinski definition) is 1. The number of halogens is 1. The van der Waals surface area contributed by atoms with Crippen LogP contribution in [0.5, 0.6) is 5.75 Å². The molecule has 1 aromatic heterocycles. The highest BCUT2D eigenvalue weighted by molar-refractivity contribution is 6.32. The van der Waals surface area contributed by atoms with Gasteiger partial charge in [0.25, 0.3) is 0 Å². The van der Waals surface area contributed by atoms with E-state index in [1.165, 1.54) is 0 Å². The standard InChI is InChI=1S/C12H14ClN3O/c1-16-7-15-6-10(16)12(14)8-3-4-9(13)11(5-8)17-2/h3-7,12H,14H2,1-2H3. The minimum absolute atomic E-state index is 0.242. The van der Waals surface area contributed by atoms with E-state index in [9.17, 15) is 0 Å². The van der Waals surface area contributed by atoms with Gasteiger partial charge < -0.3 is 15.0 Å². The molecule has 0 saturated carbocycles. The Morgan fingerprint density at radius 1 is 1.47 bits per heavy atom. The lowest BCUT2D eigenvalue weighted by Gasteiger charge is -2.14. The van der Waals surface area contributed by atoms with Crippen molar-refractivity contribution in [2.45, 2.75) is 6.04 Å². The van der Waals surface area contributed by atoms with Crippen molar-refractivity contribution in [3.63, 3.8) is 0 Å². The summed E-state index contributed by atoms with van der Waals surface area (Å²) < 4.78 is 7.07. The molecule has 17 heavy (non-hydrogen) atoms. The quantitative estimate of drug-likeness (QED) is 0.909. The Hall–Kier alpha value is -1.52. The minimum atomic E-state index is -0.242. The molecule has 2 rings (SSSR count). The number of imidazole rings is 1. The molecule has 0 aliphatic heterocycles. The summed E-state index contributed by atoms with van der Waals surface area (Å²) in [4.78, 5) is 4.05. The number of hydrogen-bond acceptors (Lipinski definition) is 3. The second kappa shape index (κ2) is 4.77. The van der Waals surface area contributed by atoms with Crippen molar-refractivity contribution in [3.05, 3.63) is 47.0 Å². The third kappa shape index (κ3) is 2.28. The fourth-order valence-electron chi connectivity index (χ4n) is 1.71. The van der Waals surface area contributed by atoms with Gasteiger partial charge in [-0.05, 0) is 17.7 Å². The van der Waals surface area contributed by atoms with Gasteiger partial charge in [0.05, 0.1) is 36.4 Å². The van der Waals surface area contributed by atoms with Crippen molar-refractivity contribution in [3.8, 4) is 5.75 Å². The van der Waals surface area contributed by atoms with Gasteiger partial charge in [0.2, 0.25) is 0 Å². The first-order valence-electron chi connectivity index (χ1n) is 5.18. The average Bonchev–Trinajstić information content (AvgIpc) is 2.75. The van der Waals surface area contributed by atoms with Gasteiger partial charge in [0, 0.05) is 7.05 Å². The van der Waals surface area contributed by atoms with Gasteiger partial charge in [-0.2, -0.15) is 0 Å². The summed E-state index contributed by atoms with van der Waals surface area (Å²) in [6, 6.07) is 5.28. The van der Waals surface area contributed by atoms with Gasteiger partial charge in [-0.15, -0.1) is 0 Å². The van der Waals surface area contributed by atoms with Crippen LogP contribution in [0, 0.1) is 0 Å². The molecule has 0 radical (unpaired) electrons. The third-order valence-corrected chi connectivity index (χ3v) is 3.02. The summed E-state index contributed by atoms with van der Waals surface area (Å²) in [6.45, 7) is 0. The van der Waals surface area contributed by atoms with Crippen LogP contribution in [0.1, 0.15) is 17.3 Å². The second-order valence-electron chi connectivity index (χ2n) is 3.80. The lowest BCUT2D eigenvalue weighted by molar-refractivity contribution is 0.414. The Balaban J connectivity index is 2.38. The van der Waals surface area contributed by atoms with E-state index in [0.717, 1.165) is 11.3 Å². The molecule has 0 spiro atoms. The number of rotatable bonds is 3. The molecule has 1 aromatic carbocycles. The Morgan fingerprint density at radius 3 is 2.82 bits per heavy atom. The van der Waals surface area contributed by atoms with E-state index in [0.29, 0.717) is 10.8 Å². The van der Waals surface area contributed by atoms with Crippen LogP contribution in [-0.2, 0) is 7.05 Å². The summed E-state index contributed by atoms with van der Waals surface area (Å²) in [5.74, 6) is 0.627. The van der Waals surface area contributed by atoms with E-state index in [-0.39, 0.29) is 6.04 Å². The van der Waals surface area contributed by atoms with Crippen molar-refractivity contribution in [1.82, 2.24) is 9.55 Å². The zero-order valence-electron chi connectivity index (χ0n) is 9.72. The molecular formula is C12H14ClN3O. The first-order valence-corrected chi connectivity index (χ1v) is 5.56. The van der Waals surface area contributed by atoms with Crippen LogP contribution in [-0.4, -0.2) is 16.7 Å². The third-order valence-electron chi connectivity index (χ3n) is 2.71. The predicted octanol–water partition coefficient (Wildman–Crippen LogP) is 2.13. The maximum atomic E-state index is 6.18. The first-order chi connectivity index (χ1) is 8.13. The van der Waals surface area contributed by atoms with Crippen molar-refractivity contribution in [2.24, 2.45) is 12.8 Å². The summed E-state index contributed by atoms with van der Waals surface area (Å²) >= 11 is 5.97. The molecule has 4 nitrogen and oxygen atoms in total. The van der Waals surface area contributed by atoms with Gasteiger partial charge in [-0.3, -0.25) is 0 Å². The van der Waals surface area contributed by atoms with Crippen molar-refractivity contribution in [1.29, 1.82) is 0 Å². The van der Waals surface area contributed by atoms with E-state index in [4.69, 9.17) is 22.1 Å². The Labute approximate surface area is 105 Å². The molecule has 0 bridgehead atoms. The minimum Gasteiger partial charge on any atom is -0.495 e. The first kappa shape index (κ1) is 12.0. The molecule has 1 heterocycles. The lowest BCUT2D eigenvalue weighted by Crippen LogP contribution is -2.15. The summed E-state index contributed by atoms with van der Waals surface area (Å²) in [7, 11) is 3.50. The fraction of sp³-hybridized carbons (Fsp3) is 0.250. The zero-order chi connectivity index (χ0) is 12.4. The van der Waals surface area contributed by atoms with Crippen LogP contribution >= 0.6 is 11.6 Å². The molecule has 2 N–H and O–H groups in total. The molecule has 0 amide bonds. The van der Waals surface area contributed by atoms with Gasteiger partial charge in [0.15, 0.2) is 0 Å². The van der Waals surface area contributed by atoms with Crippen LogP contribution in [0.4, 0.5) is 0 Å². The normalized spacial score (nSPS) is 12.5. The molecule has 0 saturated heterocycles. The topological polar surface area (TPSA) is 53.1 Å². The number of ether oxygens (including phenoxy) is 1. The number of benzene rings is 1. The number of aromatic nitrogens is 2. The average molecular weight is 252 g/mol. The van der Waals surface area contributed by atoms with E-state index in [2.05, 4.69) is 4.98 Å². The highest BCUT2D eigenvalue weighted by Crippen LogP contribution is 2.29. The zero-order valence-corrected chi connectivity index (χ0v) is 10.5. The van der Waals surface area contributed by atoms with Crippen molar-refractivity contribution < 1.29 is 4.74 Å². The SMILES string of the molecule is COc1cc(C(N)c2cncn2C)ccc1Cl. The summed E-state index contributed by atoms with van der Waals surface area (Å²) in [5.41, 5.74) is 8.05.